The molecule has 0 aliphatic carbocycles. The Balaban J connectivity index is 1.30. The molecular formula is C29H26ClN7O2. The summed E-state index contributed by atoms with van der Waals surface area (Å²) in [5.41, 5.74) is 6.36. The number of halogens is 1. The van der Waals surface area contributed by atoms with Gasteiger partial charge in [0.2, 0.25) is 5.91 Å². The molecule has 0 fully saturated rings. The van der Waals surface area contributed by atoms with Gasteiger partial charge in [-0.1, -0.05) is 29.8 Å². The van der Waals surface area contributed by atoms with Crippen LogP contribution in [0.4, 0.5) is 0 Å². The van der Waals surface area contributed by atoms with E-state index in [1.54, 1.807) is 13.4 Å². The zero-order valence-corrected chi connectivity index (χ0v) is 22.2. The van der Waals surface area contributed by atoms with Crippen LogP contribution in [-0.4, -0.2) is 50.0 Å². The first-order valence-electron chi connectivity index (χ1n) is 12.6. The Morgan fingerprint density at radius 3 is 2.77 bits per heavy atom. The minimum Gasteiger partial charge on any atom is -0.497 e. The number of carbonyl (C=O) groups excluding carboxylic acids is 1. The van der Waals surface area contributed by atoms with Crippen molar-refractivity contribution in [3.8, 4) is 11.4 Å². The van der Waals surface area contributed by atoms with Crippen LogP contribution in [0.15, 0.2) is 72.0 Å². The first kappa shape index (κ1) is 24.8. The van der Waals surface area contributed by atoms with E-state index in [0.717, 1.165) is 39.1 Å². The Kier molecular flexibility index (Phi) is 6.58. The van der Waals surface area contributed by atoms with Gasteiger partial charge in [-0.2, -0.15) is 0 Å². The summed E-state index contributed by atoms with van der Waals surface area (Å²) in [6.45, 7) is 2.40. The standard InChI is InChI=1S/C29H26ClN7O2/c1-17-35-36-29-25(15-27(38)31-12-11-18-3-9-23-24(13-18)33-16-32-23)34-28(19-4-6-20(30)7-5-19)22-14-21(39-2)8-10-26(22)37(17)29/h3-10,13-14,16,25H,11-12,15H2,1-2H3,(H,31,38)(H,32,33)/t25-/m0/s1. The number of imidazole rings is 1. The molecule has 39 heavy (non-hydrogen) atoms. The highest BCUT2D eigenvalue weighted by Gasteiger charge is 2.30. The van der Waals surface area contributed by atoms with E-state index in [0.29, 0.717) is 35.4 Å². The molecular weight excluding hydrogens is 514 g/mol. The van der Waals surface area contributed by atoms with Crippen LogP contribution >= 0.6 is 11.6 Å². The van der Waals surface area contributed by atoms with Gasteiger partial charge in [0.25, 0.3) is 0 Å². The minimum absolute atomic E-state index is 0.113. The van der Waals surface area contributed by atoms with Crippen molar-refractivity contribution >= 4 is 34.3 Å². The lowest BCUT2D eigenvalue weighted by Gasteiger charge is -2.14. The molecule has 0 spiro atoms. The van der Waals surface area contributed by atoms with Crippen molar-refractivity contribution in [3.05, 3.63) is 100 Å². The number of nitrogens with one attached hydrogen (secondary N) is 2. The van der Waals surface area contributed by atoms with Crippen LogP contribution in [0.2, 0.25) is 5.02 Å². The zero-order valence-electron chi connectivity index (χ0n) is 21.5. The number of fused-ring (bicyclic) bond motifs is 4. The second-order valence-corrected chi connectivity index (χ2v) is 9.82. The Morgan fingerprint density at radius 1 is 1.10 bits per heavy atom. The lowest BCUT2D eigenvalue weighted by atomic mass is 10.00. The molecule has 0 unspecified atom stereocenters. The third-order valence-electron chi connectivity index (χ3n) is 6.85. The number of rotatable bonds is 7. The number of H-pyrrole nitrogens is 1. The topological polar surface area (TPSA) is 110 Å². The number of ether oxygens (including phenoxy) is 1. The van der Waals surface area contributed by atoms with Crippen LogP contribution < -0.4 is 10.1 Å². The summed E-state index contributed by atoms with van der Waals surface area (Å²) in [6, 6.07) is 18.8. The molecule has 6 rings (SSSR count). The highest BCUT2D eigenvalue weighted by atomic mass is 35.5. The molecule has 2 aromatic heterocycles. The molecule has 1 aliphatic heterocycles. The van der Waals surface area contributed by atoms with Crippen LogP contribution in [0.3, 0.4) is 0 Å². The number of aryl methyl sites for hydroxylation is 1. The van der Waals surface area contributed by atoms with Crippen LogP contribution in [0.1, 0.15) is 40.8 Å². The molecule has 0 radical (unpaired) electrons. The molecule has 3 aromatic carbocycles. The number of carbonyl (C=O) groups is 1. The molecule has 1 aliphatic rings. The van der Waals surface area contributed by atoms with Crippen molar-refractivity contribution in [1.29, 1.82) is 0 Å². The van der Waals surface area contributed by atoms with E-state index in [1.165, 1.54) is 0 Å². The average molecular weight is 540 g/mol. The van der Waals surface area contributed by atoms with E-state index < -0.39 is 6.04 Å². The fourth-order valence-electron chi connectivity index (χ4n) is 4.91. The molecule has 3 heterocycles. The summed E-state index contributed by atoms with van der Waals surface area (Å²) in [7, 11) is 1.63. The second-order valence-electron chi connectivity index (χ2n) is 9.38. The van der Waals surface area contributed by atoms with E-state index in [1.807, 2.05) is 66.1 Å². The van der Waals surface area contributed by atoms with Gasteiger partial charge in [0.1, 0.15) is 17.6 Å². The molecule has 0 bridgehead atoms. The van der Waals surface area contributed by atoms with Gasteiger partial charge >= 0.3 is 0 Å². The largest absolute Gasteiger partial charge is 0.497 e. The molecule has 2 N–H and O–H groups in total. The Bertz CT molecular complexity index is 1700. The van der Waals surface area contributed by atoms with Crippen LogP contribution in [-0.2, 0) is 11.2 Å². The number of aromatic nitrogens is 5. The zero-order chi connectivity index (χ0) is 26.9. The van der Waals surface area contributed by atoms with Crippen LogP contribution in [0, 0.1) is 6.92 Å². The van der Waals surface area contributed by atoms with Gasteiger partial charge in [0.05, 0.1) is 42.3 Å². The van der Waals surface area contributed by atoms with E-state index in [9.17, 15) is 4.79 Å². The summed E-state index contributed by atoms with van der Waals surface area (Å²) in [5, 5.41) is 12.5. The highest BCUT2D eigenvalue weighted by molar-refractivity contribution is 6.30. The van der Waals surface area contributed by atoms with Gasteiger partial charge in [-0.25, -0.2) is 4.98 Å². The van der Waals surface area contributed by atoms with Crippen molar-refractivity contribution in [3.63, 3.8) is 0 Å². The smallest absolute Gasteiger partial charge is 0.222 e. The third-order valence-corrected chi connectivity index (χ3v) is 7.10. The van der Waals surface area contributed by atoms with Crippen LogP contribution in [0.25, 0.3) is 16.7 Å². The number of methoxy groups -OCH3 is 1. The SMILES string of the molecule is COc1ccc2c(c1)C(c1ccc(Cl)cc1)=N[C@@H](CC(=O)NCCc1ccc3nc[nH]c3c1)c1nnc(C)n1-2. The van der Waals surface area contributed by atoms with E-state index in [-0.39, 0.29) is 12.3 Å². The molecule has 0 saturated heterocycles. The van der Waals surface area contributed by atoms with E-state index in [4.69, 9.17) is 21.3 Å². The summed E-state index contributed by atoms with van der Waals surface area (Å²) in [5.74, 6) is 1.91. The fourth-order valence-corrected chi connectivity index (χ4v) is 5.04. The Morgan fingerprint density at radius 2 is 1.95 bits per heavy atom. The average Bonchev–Trinajstić information content (AvgIpc) is 3.54. The van der Waals surface area contributed by atoms with Crippen molar-refractivity contribution in [2.24, 2.45) is 4.99 Å². The van der Waals surface area contributed by atoms with Crippen LogP contribution in [0.5, 0.6) is 5.75 Å². The summed E-state index contributed by atoms with van der Waals surface area (Å²) in [4.78, 5) is 25.7. The Labute approximate surface area is 229 Å². The summed E-state index contributed by atoms with van der Waals surface area (Å²) in [6.07, 6.45) is 2.50. The number of amides is 1. The Hall–Kier alpha value is -4.50. The number of nitrogens with zero attached hydrogens (tertiary/aromatic N) is 5. The number of benzene rings is 3. The summed E-state index contributed by atoms with van der Waals surface area (Å²) < 4.78 is 7.50. The molecule has 9 nitrogen and oxygen atoms in total. The first-order chi connectivity index (χ1) is 19.0. The first-order valence-corrected chi connectivity index (χ1v) is 13.0. The predicted molar refractivity (Wildman–Crippen MR) is 150 cm³/mol. The van der Waals surface area contributed by atoms with Gasteiger partial charge in [0.15, 0.2) is 5.82 Å². The number of aliphatic imine (C=N–C) groups is 1. The fraction of sp³-hybridized carbons (Fsp3) is 0.207. The van der Waals surface area contributed by atoms with Crippen molar-refractivity contribution in [2.45, 2.75) is 25.8 Å². The van der Waals surface area contributed by atoms with Gasteiger partial charge in [0, 0.05) is 22.7 Å². The second kappa shape index (κ2) is 10.3. The number of hydrogen-bond acceptors (Lipinski definition) is 6. The lowest BCUT2D eigenvalue weighted by molar-refractivity contribution is -0.121. The third kappa shape index (κ3) is 4.88. The van der Waals surface area contributed by atoms with Gasteiger partial charge in [-0.05, 0) is 61.4 Å². The molecule has 10 heteroatoms. The van der Waals surface area contributed by atoms with Crippen molar-refractivity contribution in [2.75, 3.05) is 13.7 Å². The highest BCUT2D eigenvalue weighted by Crippen LogP contribution is 2.34. The monoisotopic (exact) mass is 539 g/mol. The number of aromatic amines is 1. The predicted octanol–water partition coefficient (Wildman–Crippen LogP) is 4.76. The molecule has 1 amide bonds. The normalized spacial score (nSPS) is 14.3. The molecule has 196 valence electrons. The lowest BCUT2D eigenvalue weighted by Crippen LogP contribution is -2.27. The molecule has 5 aromatic rings. The maximum Gasteiger partial charge on any atom is 0.222 e. The van der Waals surface area contributed by atoms with Gasteiger partial charge in [-0.15, -0.1) is 10.2 Å². The summed E-state index contributed by atoms with van der Waals surface area (Å²) >= 11 is 6.18. The quantitative estimate of drug-likeness (QED) is 0.310. The maximum absolute atomic E-state index is 13.2. The van der Waals surface area contributed by atoms with Crippen molar-refractivity contribution in [1.82, 2.24) is 30.0 Å². The molecule has 1 atom stereocenters. The van der Waals surface area contributed by atoms with E-state index in [2.05, 4.69) is 31.5 Å². The minimum atomic E-state index is -0.545. The maximum atomic E-state index is 13.2. The van der Waals surface area contributed by atoms with Gasteiger partial charge in [-0.3, -0.25) is 14.4 Å². The van der Waals surface area contributed by atoms with E-state index >= 15 is 0 Å². The van der Waals surface area contributed by atoms with Crippen molar-refractivity contribution < 1.29 is 9.53 Å². The number of hydrogen-bond donors (Lipinski definition) is 2. The van der Waals surface area contributed by atoms with Gasteiger partial charge < -0.3 is 15.0 Å². The molecule has 0 saturated carbocycles.